The van der Waals surface area contributed by atoms with Gasteiger partial charge in [-0.15, -0.1) is 0 Å². The lowest BCUT2D eigenvalue weighted by Crippen LogP contribution is -2.41. The summed E-state index contributed by atoms with van der Waals surface area (Å²) in [6, 6.07) is 4.52. The van der Waals surface area contributed by atoms with E-state index >= 15 is 0 Å². The molecule has 1 amide bonds. The van der Waals surface area contributed by atoms with E-state index in [4.69, 9.17) is 10.5 Å². The quantitative estimate of drug-likeness (QED) is 0.888. The molecule has 5 heteroatoms. The van der Waals surface area contributed by atoms with Gasteiger partial charge < -0.3 is 15.8 Å². The summed E-state index contributed by atoms with van der Waals surface area (Å²) in [6.45, 7) is 4.66. The zero-order valence-corrected chi connectivity index (χ0v) is 11.9. The van der Waals surface area contributed by atoms with Gasteiger partial charge in [-0.05, 0) is 44.9 Å². The first kappa shape index (κ1) is 14.8. The number of halogens is 1. The number of hydrogen-bond acceptors (Lipinski definition) is 3. The molecule has 1 aliphatic heterocycles. The molecule has 2 rings (SSSR count). The molecule has 20 heavy (non-hydrogen) atoms. The first-order valence-corrected chi connectivity index (χ1v) is 6.86. The highest BCUT2D eigenvalue weighted by Gasteiger charge is 2.27. The molecule has 4 nitrogen and oxygen atoms in total. The molecule has 0 saturated heterocycles. The molecular formula is C15H21FN2O2. The van der Waals surface area contributed by atoms with Crippen molar-refractivity contribution in [1.82, 2.24) is 5.32 Å². The van der Waals surface area contributed by atoms with Gasteiger partial charge >= 0.3 is 0 Å². The van der Waals surface area contributed by atoms with Crippen LogP contribution in [0.2, 0.25) is 0 Å². The highest BCUT2D eigenvalue weighted by molar-refractivity contribution is 5.80. The second-order valence-corrected chi connectivity index (χ2v) is 5.85. The van der Waals surface area contributed by atoms with Gasteiger partial charge in [-0.25, -0.2) is 4.39 Å². The lowest BCUT2D eigenvalue weighted by atomic mass is 9.91. The first-order valence-electron chi connectivity index (χ1n) is 6.86. The molecule has 1 aliphatic rings. The van der Waals surface area contributed by atoms with Crippen molar-refractivity contribution in [3.05, 3.63) is 29.6 Å². The van der Waals surface area contributed by atoms with E-state index in [2.05, 4.69) is 5.32 Å². The summed E-state index contributed by atoms with van der Waals surface area (Å²) in [4.78, 5) is 11.4. The standard InChI is InChI=1S/C15H21FN2O2/c1-15(2,14(17)19)9-18-12-4-3-7-20-13-6-5-10(16)8-11(12)13/h5-6,8,12,18H,3-4,7,9H2,1-2H3,(H2,17,19)/t12-/m1/s1. The summed E-state index contributed by atoms with van der Waals surface area (Å²) in [6.07, 6.45) is 1.72. The maximum absolute atomic E-state index is 13.4. The Kier molecular flexibility index (Phi) is 4.28. The van der Waals surface area contributed by atoms with Crippen molar-refractivity contribution in [1.29, 1.82) is 0 Å². The average Bonchev–Trinajstić information content (AvgIpc) is 2.58. The summed E-state index contributed by atoms with van der Waals surface area (Å²) < 4.78 is 19.1. The summed E-state index contributed by atoms with van der Waals surface area (Å²) in [5, 5.41) is 3.32. The zero-order valence-electron chi connectivity index (χ0n) is 11.9. The van der Waals surface area contributed by atoms with Gasteiger partial charge in [-0.3, -0.25) is 4.79 Å². The Morgan fingerprint density at radius 1 is 1.55 bits per heavy atom. The molecule has 0 saturated carbocycles. The van der Waals surface area contributed by atoms with E-state index in [-0.39, 0.29) is 17.8 Å². The van der Waals surface area contributed by atoms with Crippen LogP contribution in [0.4, 0.5) is 4.39 Å². The van der Waals surface area contributed by atoms with Gasteiger partial charge in [0.05, 0.1) is 12.0 Å². The third kappa shape index (κ3) is 3.28. The minimum atomic E-state index is -0.638. The van der Waals surface area contributed by atoms with Gasteiger partial charge in [0.1, 0.15) is 11.6 Å². The Morgan fingerprint density at radius 3 is 3.00 bits per heavy atom. The fraction of sp³-hybridized carbons (Fsp3) is 0.533. The Hall–Kier alpha value is -1.62. The molecule has 0 unspecified atom stereocenters. The molecule has 0 spiro atoms. The highest BCUT2D eigenvalue weighted by Crippen LogP contribution is 2.32. The molecule has 1 aromatic rings. The number of primary amides is 1. The second-order valence-electron chi connectivity index (χ2n) is 5.85. The number of nitrogens with one attached hydrogen (secondary N) is 1. The normalized spacial score (nSPS) is 18.9. The second kappa shape index (κ2) is 5.79. The molecular weight excluding hydrogens is 259 g/mol. The maximum Gasteiger partial charge on any atom is 0.224 e. The Labute approximate surface area is 118 Å². The van der Waals surface area contributed by atoms with Crippen molar-refractivity contribution in [2.24, 2.45) is 11.1 Å². The van der Waals surface area contributed by atoms with Crippen LogP contribution in [0.25, 0.3) is 0 Å². The molecule has 1 heterocycles. The molecule has 3 N–H and O–H groups in total. The lowest BCUT2D eigenvalue weighted by Gasteiger charge is -2.25. The van der Waals surface area contributed by atoms with E-state index in [9.17, 15) is 9.18 Å². The number of amides is 1. The van der Waals surface area contributed by atoms with Gasteiger partial charge in [-0.1, -0.05) is 0 Å². The van der Waals surface area contributed by atoms with E-state index in [0.29, 0.717) is 18.9 Å². The van der Waals surface area contributed by atoms with Crippen molar-refractivity contribution in [2.45, 2.75) is 32.7 Å². The minimum Gasteiger partial charge on any atom is -0.493 e. The average molecular weight is 280 g/mol. The largest absolute Gasteiger partial charge is 0.493 e. The molecule has 0 fully saturated rings. The number of carbonyl (C=O) groups excluding carboxylic acids is 1. The number of hydrogen-bond donors (Lipinski definition) is 2. The van der Waals surface area contributed by atoms with E-state index < -0.39 is 5.41 Å². The van der Waals surface area contributed by atoms with Crippen LogP contribution in [0.15, 0.2) is 18.2 Å². The van der Waals surface area contributed by atoms with E-state index in [1.165, 1.54) is 12.1 Å². The van der Waals surface area contributed by atoms with Gasteiger partial charge in [0.2, 0.25) is 5.91 Å². The smallest absolute Gasteiger partial charge is 0.224 e. The van der Waals surface area contributed by atoms with Crippen molar-refractivity contribution >= 4 is 5.91 Å². The Balaban J connectivity index is 2.16. The van der Waals surface area contributed by atoms with Crippen LogP contribution >= 0.6 is 0 Å². The van der Waals surface area contributed by atoms with E-state index in [1.54, 1.807) is 19.9 Å². The van der Waals surface area contributed by atoms with E-state index in [0.717, 1.165) is 18.4 Å². The molecule has 0 radical (unpaired) electrons. The van der Waals surface area contributed by atoms with Crippen LogP contribution in [-0.2, 0) is 4.79 Å². The molecule has 0 aromatic heterocycles. The molecule has 1 atom stereocenters. The minimum absolute atomic E-state index is 0.0261. The maximum atomic E-state index is 13.4. The Bertz CT molecular complexity index is 503. The lowest BCUT2D eigenvalue weighted by molar-refractivity contribution is -0.125. The van der Waals surface area contributed by atoms with Gasteiger partial charge in [-0.2, -0.15) is 0 Å². The molecule has 0 aliphatic carbocycles. The van der Waals surface area contributed by atoms with Crippen LogP contribution in [0, 0.1) is 11.2 Å². The monoisotopic (exact) mass is 280 g/mol. The van der Waals surface area contributed by atoms with Gasteiger partial charge in [0.25, 0.3) is 0 Å². The Morgan fingerprint density at radius 2 is 2.30 bits per heavy atom. The number of nitrogens with two attached hydrogens (primary N) is 1. The van der Waals surface area contributed by atoms with Crippen molar-refractivity contribution in [3.63, 3.8) is 0 Å². The fourth-order valence-electron chi connectivity index (χ4n) is 2.23. The van der Waals surface area contributed by atoms with Crippen LogP contribution in [-0.4, -0.2) is 19.1 Å². The third-order valence-electron chi connectivity index (χ3n) is 3.70. The van der Waals surface area contributed by atoms with Crippen molar-refractivity contribution < 1.29 is 13.9 Å². The van der Waals surface area contributed by atoms with E-state index in [1.807, 2.05) is 0 Å². The van der Waals surface area contributed by atoms with Crippen LogP contribution in [0.3, 0.4) is 0 Å². The molecule has 110 valence electrons. The SMILES string of the molecule is CC(C)(CN[C@@H]1CCCOc2ccc(F)cc21)C(N)=O. The predicted molar refractivity (Wildman–Crippen MR) is 74.8 cm³/mol. The topological polar surface area (TPSA) is 64.3 Å². The zero-order chi connectivity index (χ0) is 14.8. The van der Waals surface area contributed by atoms with Gasteiger partial charge in [0, 0.05) is 18.2 Å². The number of rotatable bonds is 4. The predicted octanol–water partition coefficient (Wildman–Crippen LogP) is 2.14. The number of ether oxygens (including phenoxy) is 1. The summed E-state index contributed by atoms with van der Waals surface area (Å²) in [5.41, 5.74) is 5.54. The highest BCUT2D eigenvalue weighted by atomic mass is 19.1. The number of fused-ring (bicyclic) bond motifs is 1. The molecule has 0 bridgehead atoms. The third-order valence-corrected chi connectivity index (χ3v) is 3.70. The first-order chi connectivity index (χ1) is 9.40. The van der Waals surface area contributed by atoms with Crippen molar-refractivity contribution in [3.8, 4) is 5.75 Å². The van der Waals surface area contributed by atoms with Gasteiger partial charge in [0.15, 0.2) is 0 Å². The number of benzene rings is 1. The number of carbonyl (C=O) groups is 1. The van der Waals surface area contributed by atoms with Crippen LogP contribution in [0.1, 0.15) is 38.3 Å². The van der Waals surface area contributed by atoms with Crippen molar-refractivity contribution in [2.75, 3.05) is 13.2 Å². The summed E-state index contributed by atoms with van der Waals surface area (Å²) in [5.74, 6) is 0.0721. The van der Waals surface area contributed by atoms with Crippen LogP contribution < -0.4 is 15.8 Å². The van der Waals surface area contributed by atoms with Crippen LogP contribution in [0.5, 0.6) is 5.75 Å². The fourth-order valence-corrected chi connectivity index (χ4v) is 2.23. The molecule has 1 aromatic carbocycles. The summed E-state index contributed by atoms with van der Waals surface area (Å²) in [7, 11) is 0. The summed E-state index contributed by atoms with van der Waals surface area (Å²) >= 11 is 0.